The van der Waals surface area contributed by atoms with E-state index in [0.717, 1.165) is 16.0 Å². The quantitative estimate of drug-likeness (QED) is 0.657. The zero-order valence-corrected chi connectivity index (χ0v) is 16.5. The van der Waals surface area contributed by atoms with Crippen LogP contribution in [0.1, 0.15) is 27.7 Å². The van der Waals surface area contributed by atoms with Gasteiger partial charge < -0.3 is 4.90 Å². The highest BCUT2D eigenvalue weighted by molar-refractivity contribution is 7.91. The summed E-state index contributed by atoms with van der Waals surface area (Å²) in [6.07, 6.45) is 0. The maximum Gasteiger partial charge on any atom is 0.264 e. The minimum atomic E-state index is -3.36. The minimum Gasteiger partial charge on any atom is -0.334 e. The highest BCUT2D eigenvalue weighted by atomic mass is 32.2. The molecule has 0 radical (unpaired) electrons. The molecule has 1 amide bonds. The van der Waals surface area contributed by atoms with E-state index in [1.54, 1.807) is 23.1 Å². The van der Waals surface area contributed by atoms with Crippen LogP contribution in [0.2, 0.25) is 0 Å². The molecule has 2 heterocycles. The van der Waals surface area contributed by atoms with E-state index in [1.807, 2.05) is 49.4 Å². The predicted octanol–water partition coefficient (Wildman–Crippen LogP) is 4.36. The Morgan fingerprint density at radius 3 is 2.52 bits per heavy atom. The van der Waals surface area contributed by atoms with Crippen molar-refractivity contribution < 1.29 is 13.2 Å². The lowest BCUT2D eigenvalue weighted by molar-refractivity contribution is 0.0757. The van der Waals surface area contributed by atoms with Crippen molar-refractivity contribution in [2.24, 2.45) is 0 Å². The van der Waals surface area contributed by atoms with Gasteiger partial charge in [0.15, 0.2) is 9.84 Å². The lowest BCUT2D eigenvalue weighted by Crippen LogP contribution is -2.29. The Labute approximate surface area is 163 Å². The summed E-state index contributed by atoms with van der Waals surface area (Å²) >= 11 is 1.39. The molecule has 2 aromatic carbocycles. The van der Waals surface area contributed by atoms with Crippen LogP contribution >= 0.6 is 11.3 Å². The van der Waals surface area contributed by atoms with Crippen LogP contribution in [0, 0.1) is 0 Å². The number of carbonyl (C=O) groups excluding carboxylic acids is 1. The zero-order valence-electron chi connectivity index (χ0n) is 14.9. The molecule has 4 nitrogen and oxygen atoms in total. The van der Waals surface area contributed by atoms with Gasteiger partial charge in [-0.1, -0.05) is 48.5 Å². The third-order valence-corrected chi connectivity index (χ3v) is 7.63. The number of sulfone groups is 1. The number of rotatable bonds is 4. The number of carbonyl (C=O) groups is 1. The van der Waals surface area contributed by atoms with Gasteiger partial charge in [0, 0.05) is 23.5 Å². The molecule has 1 aromatic heterocycles. The van der Waals surface area contributed by atoms with Crippen LogP contribution < -0.4 is 0 Å². The van der Waals surface area contributed by atoms with Gasteiger partial charge in [-0.15, -0.1) is 11.3 Å². The van der Waals surface area contributed by atoms with E-state index < -0.39 is 9.84 Å². The Morgan fingerprint density at radius 2 is 1.78 bits per heavy atom. The van der Waals surface area contributed by atoms with Crippen molar-refractivity contribution in [3.8, 4) is 10.4 Å². The van der Waals surface area contributed by atoms with Gasteiger partial charge in [-0.3, -0.25) is 4.79 Å². The van der Waals surface area contributed by atoms with Crippen LogP contribution in [0.25, 0.3) is 10.4 Å². The van der Waals surface area contributed by atoms with Gasteiger partial charge in [-0.2, -0.15) is 0 Å². The van der Waals surface area contributed by atoms with Crippen molar-refractivity contribution >= 4 is 27.1 Å². The lowest BCUT2D eigenvalue weighted by Gasteiger charge is -2.20. The van der Waals surface area contributed by atoms with Gasteiger partial charge >= 0.3 is 0 Å². The highest BCUT2D eigenvalue weighted by Gasteiger charge is 2.31. The molecule has 1 aliphatic heterocycles. The second kappa shape index (κ2) is 6.94. The summed E-state index contributed by atoms with van der Waals surface area (Å²) in [7, 11) is -3.36. The van der Waals surface area contributed by atoms with Crippen LogP contribution in [0.3, 0.4) is 0 Å². The van der Waals surface area contributed by atoms with E-state index >= 15 is 0 Å². The molecular formula is C21H19NO3S2. The molecule has 0 aliphatic carbocycles. The van der Waals surface area contributed by atoms with Crippen molar-refractivity contribution in [3.63, 3.8) is 0 Å². The minimum absolute atomic E-state index is 0.0477. The van der Waals surface area contributed by atoms with Gasteiger partial charge in [-0.25, -0.2) is 8.42 Å². The summed E-state index contributed by atoms with van der Waals surface area (Å²) in [6.45, 7) is 3.08. The highest BCUT2D eigenvalue weighted by Crippen LogP contribution is 2.42. The van der Waals surface area contributed by atoms with E-state index in [-0.39, 0.29) is 11.7 Å². The summed E-state index contributed by atoms with van der Waals surface area (Å²) < 4.78 is 25.1. The number of hydrogen-bond donors (Lipinski definition) is 0. The van der Waals surface area contributed by atoms with E-state index in [9.17, 15) is 13.2 Å². The van der Waals surface area contributed by atoms with E-state index in [4.69, 9.17) is 0 Å². The molecule has 138 valence electrons. The first-order valence-electron chi connectivity index (χ1n) is 8.77. The largest absolute Gasteiger partial charge is 0.334 e. The topological polar surface area (TPSA) is 54.5 Å². The molecule has 0 saturated carbocycles. The molecule has 6 heteroatoms. The van der Waals surface area contributed by atoms with Gasteiger partial charge in [0.05, 0.1) is 15.5 Å². The van der Waals surface area contributed by atoms with Crippen LogP contribution in [0.15, 0.2) is 65.6 Å². The Morgan fingerprint density at radius 1 is 1.07 bits per heavy atom. The zero-order chi connectivity index (χ0) is 19.0. The molecule has 0 N–H and O–H groups in total. The fourth-order valence-corrected chi connectivity index (χ4v) is 6.29. The second-order valence-electron chi connectivity index (χ2n) is 6.53. The number of benzene rings is 2. The van der Waals surface area contributed by atoms with Crippen LogP contribution in [-0.2, 0) is 22.1 Å². The summed E-state index contributed by atoms with van der Waals surface area (Å²) in [4.78, 5) is 16.7. The average Bonchev–Trinajstić information content (AvgIpc) is 3.10. The second-order valence-corrected chi connectivity index (χ2v) is 9.54. The molecule has 0 unspecified atom stereocenters. The monoisotopic (exact) mass is 397 g/mol. The number of amides is 1. The van der Waals surface area contributed by atoms with Crippen molar-refractivity contribution in [2.75, 3.05) is 6.54 Å². The summed E-state index contributed by atoms with van der Waals surface area (Å²) in [5.74, 6) is -0.107. The molecule has 0 saturated heterocycles. The third kappa shape index (κ3) is 3.31. The average molecular weight is 398 g/mol. The predicted molar refractivity (Wildman–Crippen MR) is 108 cm³/mol. The molecular weight excluding hydrogens is 378 g/mol. The van der Waals surface area contributed by atoms with E-state index in [2.05, 4.69) is 0 Å². The van der Waals surface area contributed by atoms with Crippen molar-refractivity contribution in [3.05, 3.63) is 76.7 Å². The SMILES string of the molecule is CCN(Cc1ccccc1)C(=O)c1cc2c(s1)-c1ccccc1S(=O)(=O)C2. The maximum atomic E-state index is 13.1. The van der Waals surface area contributed by atoms with Crippen molar-refractivity contribution in [2.45, 2.75) is 24.1 Å². The Hall–Kier alpha value is -2.44. The molecule has 0 atom stereocenters. The van der Waals surface area contributed by atoms with Crippen LogP contribution in [0.4, 0.5) is 0 Å². The first kappa shape index (κ1) is 17.9. The van der Waals surface area contributed by atoms with Gasteiger partial charge in [-0.05, 0) is 30.2 Å². The molecule has 4 rings (SSSR count). The first-order valence-corrected chi connectivity index (χ1v) is 11.2. The fourth-order valence-electron chi connectivity index (χ4n) is 3.36. The van der Waals surface area contributed by atoms with Crippen LogP contribution in [-0.4, -0.2) is 25.8 Å². The molecule has 27 heavy (non-hydrogen) atoms. The molecule has 0 fully saturated rings. The number of thiophene rings is 1. The Bertz CT molecular complexity index is 1100. The molecule has 1 aliphatic rings. The van der Waals surface area contributed by atoms with E-state index in [0.29, 0.717) is 28.4 Å². The third-order valence-electron chi connectivity index (χ3n) is 4.72. The maximum absolute atomic E-state index is 13.1. The van der Waals surface area contributed by atoms with Crippen molar-refractivity contribution in [1.29, 1.82) is 0 Å². The molecule has 0 bridgehead atoms. The number of nitrogens with zero attached hydrogens (tertiary/aromatic N) is 1. The molecule has 3 aromatic rings. The van der Waals surface area contributed by atoms with Gasteiger partial charge in [0.1, 0.15) is 0 Å². The normalized spacial score (nSPS) is 14.3. The number of hydrogen-bond acceptors (Lipinski definition) is 4. The van der Waals surface area contributed by atoms with Crippen molar-refractivity contribution in [1.82, 2.24) is 4.90 Å². The smallest absolute Gasteiger partial charge is 0.264 e. The Balaban J connectivity index is 1.69. The number of fused-ring (bicyclic) bond motifs is 3. The summed E-state index contributed by atoms with van der Waals surface area (Å²) in [6, 6.07) is 18.6. The standard InChI is InChI=1S/C21H19NO3S2/c1-2-22(13-15-8-4-3-5-9-15)21(23)18-12-16-14-27(24,25)19-11-7-6-10-17(19)20(16)26-18/h3-12H,2,13-14H2,1H3. The Kier molecular flexibility index (Phi) is 4.61. The van der Waals surface area contributed by atoms with Gasteiger partial charge in [0.25, 0.3) is 5.91 Å². The first-order chi connectivity index (χ1) is 13.0. The fraction of sp³-hybridized carbons (Fsp3) is 0.190. The lowest BCUT2D eigenvalue weighted by atomic mass is 10.1. The summed E-state index contributed by atoms with van der Waals surface area (Å²) in [5, 5.41) is 0. The molecule has 0 spiro atoms. The van der Waals surface area contributed by atoms with Crippen LogP contribution in [0.5, 0.6) is 0 Å². The summed E-state index contributed by atoms with van der Waals surface area (Å²) in [5.41, 5.74) is 2.49. The van der Waals surface area contributed by atoms with E-state index in [1.165, 1.54) is 11.3 Å². The van der Waals surface area contributed by atoms with Gasteiger partial charge in [0.2, 0.25) is 0 Å².